The standard InChI is InChI=1S/C45H62O8/c1-30(16-11-12-17-31(2)19-14-22-33(4)24-26-36-35(6)40(49)37(46)28-44(36,7)8)18-13-20-32(3)21-15-23-34(5)25-27-39(48)45(9,10)53-43-42(51)41(50)38(47)29-52-43/h11-27,37-39,41-43,46-48,50-51H,28-29H2,1-10H3. The molecule has 1 saturated heterocycles. The molecule has 5 N–H and O–H groups in total. The van der Waals surface area contributed by atoms with Crippen molar-refractivity contribution in [1.29, 1.82) is 0 Å². The number of ether oxygens (including phenoxy) is 2. The first-order chi connectivity index (χ1) is 24.7. The van der Waals surface area contributed by atoms with E-state index in [1.54, 1.807) is 32.9 Å². The van der Waals surface area contributed by atoms with Crippen LogP contribution >= 0.6 is 0 Å². The number of carbonyl (C=O) groups is 1. The zero-order valence-corrected chi connectivity index (χ0v) is 33.2. The number of hydrogen-bond donors (Lipinski definition) is 5. The second kappa shape index (κ2) is 21.2. The van der Waals surface area contributed by atoms with Gasteiger partial charge in [-0.1, -0.05) is 145 Å². The summed E-state index contributed by atoms with van der Waals surface area (Å²) in [5.41, 5.74) is 5.48. The van der Waals surface area contributed by atoms with Crippen molar-refractivity contribution >= 4 is 5.78 Å². The van der Waals surface area contributed by atoms with Crippen molar-refractivity contribution in [2.45, 2.75) is 118 Å². The maximum Gasteiger partial charge on any atom is 0.187 e. The Kier molecular flexibility index (Phi) is 18.2. The molecule has 6 unspecified atom stereocenters. The topological polar surface area (TPSA) is 137 Å². The molecule has 0 saturated carbocycles. The van der Waals surface area contributed by atoms with Crippen molar-refractivity contribution in [3.8, 4) is 0 Å². The number of aliphatic hydroxyl groups is 5. The third-order valence-corrected chi connectivity index (χ3v) is 9.13. The van der Waals surface area contributed by atoms with Crippen LogP contribution in [0.15, 0.2) is 142 Å². The van der Waals surface area contributed by atoms with Gasteiger partial charge in [-0.3, -0.25) is 4.79 Å². The minimum Gasteiger partial charge on any atom is -0.388 e. The van der Waals surface area contributed by atoms with E-state index >= 15 is 0 Å². The largest absolute Gasteiger partial charge is 0.388 e. The van der Waals surface area contributed by atoms with Crippen molar-refractivity contribution in [3.63, 3.8) is 0 Å². The second-order valence-electron chi connectivity index (χ2n) is 15.1. The fourth-order valence-corrected chi connectivity index (χ4v) is 5.62. The summed E-state index contributed by atoms with van der Waals surface area (Å²) in [7, 11) is 0. The van der Waals surface area contributed by atoms with Crippen LogP contribution in [-0.2, 0) is 14.3 Å². The van der Waals surface area contributed by atoms with Gasteiger partial charge in [0.15, 0.2) is 12.1 Å². The molecule has 1 fully saturated rings. The molecule has 2 rings (SSSR count). The minimum absolute atomic E-state index is 0.175. The van der Waals surface area contributed by atoms with E-state index in [0.717, 1.165) is 33.4 Å². The molecule has 290 valence electrons. The van der Waals surface area contributed by atoms with E-state index in [4.69, 9.17) is 9.47 Å². The van der Waals surface area contributed by atoms with E-state index in [-0.39, 0.29) is 17.8 Å². The van der Waals surface area contributed by atoms with Crippen LogP contribution in [0.1, 0.15) is 75.7 Å². The number of hydrogen-bond acceptors (Lipinski definition) is 8. The van der Waals surface area contributed by atoms with Crippen LogP contribution in [0.2, 0.25) is 0 Å². The van der Waals surface area contributed by atoms with Gasteiger partial charge in [-0.15, -0.1) is 0 Å². The Labute approximate surface area is 317 Å². The zero-order valence-electron chi connectivity index (χ0n) is 33.2. The molecule has 8 heteroatoms. The molecule has 8 nitrogen and oxygen atoms in total. The van der Waals surface area contributed by atoms with Crippen LogP contribution in [0.3, 0.4) is 0 Å². The molecule has 1 heterocycles. The molecule has 0 radical (unpaired) electrons. The van der Waals surface area contributed by atoms with Crippen molar-refractivity contribution in [2.75, 3.05) is 6.61 Å². The van der Waals surface area contributed by atoms with Gasteiger partial charge in [-0.2, -0.15) is 0 Å². The van der Waals surface area contributed by atoms with E-state index < -0.39 is 42.4 Å². The minimum atomic E-state index is -1.43. The molecular formula is C45H62O8. The SMILES string of the molecule is CC(C=CC=C(C)C=CC=C(C)C=CC(O)C(C)(C)OC1OCC(O)C(O)C1O)=CC=CC=C(C)C=CC=C(C)C=CC1=C(C)C(=O)C(O)CC1(C)C. The highest BCUT2D eigenvalue weighted by Crippen LogP contribution is 2.39. The van der Waals surface area contributed by atoms with Crippen LogP contribution < -0.4 is 0 Å². The maximum atomic E-state index is 12.3. The van der Waals surface area contributed by atoms with Crippen molar-refractivity contribution in [1.82, 2.24) is 0 Å². The van der Waals surface area contributed by atoms with Gasteiger partial charge in [-0.05, 0) is 78.4 Å². The lowest BCUT2D eigenvalue weighted by Crippen LogP contribution is -2.56. The molecule has 6 atom stereocenters. The van der Waals surface area contributed by atoms with Gasteiger partial charge in [0.1, 0.15) is 30.5 Å². The van der Waals surface area contributed by atoms with Gasteiger partial charge in [0.2, 0.25) is 0 Å². The number of ketones is 1. The summed E-state index contributed by atoms with van der Waals surface area (Å²) < 4.78 is 11.0. The molecule has 0 bridgehead atoms. The van der Waals surface area contributed by atoms with Crippen LogP contribution in [0.5, 0.6) is 0 Å². The summed E-state index contributed by atoms with van der Waals surface area (Å²) in [5, 5.41) is 50.4. The molecule has 1 aliphatic heterocycles. The predicted octanol–water partition coefficient (Wildman–Crippen LogP) is 7.33. The van der Waals surface area contributed by atoms with Crippen LogP contribution in [0.25, 0.3) is 0 Å². The fourth-order valence-electron chi connectivity index (χ4n) is 5.62. The Balaban J connectivity index is 1.86. The molecular weight excluding hydrogens is 668 g/mol. The lowest BCUT2D eigenvalue weighted by atomic mass is 9.71. The van der Waals surface area contributed by atoms with Gasteiger partial charge in [0.05, 0.1) is 12.2 Å². The van der Waals surface area contributed by atoms with Crippen LogP contribution in [0.4, 0.5) is 0 Å². The normalized spacial score (nSPS) is 27.0. The van der Waals surface area contributed by atoms with Gasteiger partial charge in [0, 0.05) is 0 Å². The van der Waals surface area contributed by atoms with E-state index in [9.17, 15) is 30.3 Å². The Morgan fingerprint density at radius 3 is 1.72 bits per heavy atom. The lowest BCUT2D eigenvalue weighted by Gasteiger charge is -2.40. The zero-order chi connectivity index (χ0) is 39.9. The van der Waals surface area contributed by atoms with Gasteiger partial charge >= 0.3 is 0 Å². The Bertz CT molecular complexity index is 1630. The summed E-state index contributed by atoms with van der Waals surface area (Å²) in [6, 6.07) is 0. The van der Waals surface area contributed by atoms with Crippen molar-refractivity contribution in [3.05, 3.63) is 142 Å². The Hall–Kier alpha value is -3.73. The number of allylic oxidation sites excluding steroid dienone is 22. The fraction of sp³-hybridized carbons (Fsp3) is 0.444. The van der Waals surface area contributed by atoms with Crippen LogP contribution in [0, 0.1) is 5.41 Å². The van der Waals surface area contributed by atoms with E-state index in [0.29, 0.717) is 12.0 Å². The molecule has 0 aromatic carbocycles. The van der Waals surface area contributed by atoms with Crippen molar-refractivity contribution in [2.24, 2.45) is 5.41 Å². The molecule has 0 spiro atoms. The lowest BCUT2D eigenvalue weighted by molar-refractivity contribution is -0.304. The third-order valence-electron chi connectivity index (χ3n) is 9.13. The highest BCUT2D eigenvalue weighted by Gasteiger charge is 2.42. The van der Waals surface area contributed by atoms with E-state index in [2.05, 4.69) is 13.8 Å². The Morgan fingerprint density at radius 1 is 0.755 bits per heavy atom. The average Bonchev–Trinajstić information content (AvgIpc) is 3.08. The highest BCUT2D eigenvalue weighted by atomic mass is 16.7. The van der Waals surface area contributed by atoms with E-state index in [1.165, 1.54) is 0 Å². The number of Topliss-reactive ketones (excluding diaryl/α,β-unsaturated/α-hetero) is 1. The molecule has 53 heavy (non-hydrogen) atoms. The Morgan fingerprint density at radius 2 is 1.21 bits per heavy atom. The van der Waals surface area contributed by atoms with Gasteiger partial charge < -0.3 is 35.0 Å². The average molecular weight is 731 g/mol. The number of carbonyl (C=O) groups excluding carboxylic acids is 1. The molecule has 1 aliphatic carbocycles. The summed E-state index contributed by atoms with van der Waals surface area (Å²) >= 11 is 0. The van der Waals surface area contributed by atoms with Gasteiger partial charge in [0.25, 0.3) is 0 Å². The smallest absolute Gasteiger partial charge is 0.187 e. The summed E-state index contributed by atoms with van der Waals surface area (Å²) in [6.07, 6.45) is 26.8. The predicted molar refractivity (Wildman–Crippen MR) is 215 cm³/mol. The first-order valence-electron chi connectivity index (χ1n) is 18.1. The maximum absolute atomic E-state index is 12.3. The quantitative estimate of drug-likeness (QED) is 0.111. The molecule has 0 aromatic heterocycles. The number of rotatable bonds is 15. The van der Waals surface area contributed by atoms with E-state index in [1.807, 2.05) is 126 Å². The third kappa shape index (κ3) is 15.3. The summed E-state index contributed by atoms with van der Waals surface area (Å²) in [5.74, 6) is -0.183. The highest BCUT2D eigenvalue weighted by molar-refractivity contribution is 6.00. The second-order valence-corrected chi connectivity index (χ2v) is 15.1. The monoisotopic (exact) mass is 730 g/mol. The van der Waals surface area contributed by atoms with Crippen LogP contribution in [-0.4, -0.2) is 80.3 Å². The van der Waals surface area contributed by atoms with Gasteiger partial charge in [-0.25, -0.2) is 0 Å². The first kappa shape index (κ1) is 45.4. The summed E-state index contributed by atoms with van der Waals surface area (Å²) in [4.78, 5) is 12.3. The molecule has 2 aliphatic rings. The number of aliphatic hydroxyl groups excluding tert-OH is 5. The van der Waals surface area contributed by atoms with Crippen molar-refractivity contribution < 1.29 is 39.8 Å². The molecule has 0 amide bonds. The summed E-state index contributed by atoms with van der Waals surface area (Å²) in [6.45, 7) is 19.1. The molecule has 0 aromatic rings. The first-order valence-corrected chi connectivity index (χ1v) is 18.1.